The van der Waals surface area contributed by atoms with Crippen molar-refractivity contribution in [2.45, 2.75) is 6.92 Å². The Hall–Kier alpha value is -2.96. The number of aromatic amines is 1. The highest BCUT2D eigenvalue weighted by Gasteiger charge is 2.11. The molecule has 0 saturated carbocycles. The summed E-state index contributed by atoms with van der Waals surface area (Å²) in [6.45, 7) is 1.97. The fraction of sp³-hybridized carbons (Fsp3) is 0.0769. The normalized spacial score (nSPS) is 11.4. The first kappa shape index (κ1) is 10.9. The number of anilines is 1. The molecule has 0 aromatic carbocycles. The molecule has 0 spiro atoms. The minimum atomic E-state index is 0.250. The molecule has 7 nitrogen and oxygen atoms in total. The molecule has 0 unspecified atom stereocenters. The highest BCUT2D eigenvalue weighted by Crippen LogP contribution is 2.26. The molecule has 0 radical (unpaired) electrons. The highest BCUT2D eigenvalue weighted by molar-refractivity contribution is 5.92. The number of hydrogen-bond acceptors (Lipinski definition) is 5. The quantitative estimate of drug-likeness (QED) is 0.544. The molecule has 20 heavy (non-hydrogen) atoms. The van der Waals surface area contributed by atoms with Gasteiger partial charge in [-0.2, -0.15) is 10.1 Å². The first-order valence-corrected chi connectivity index (χ1v) is 6.14. The van der Waals surface area contributed by atoms with Crippen molar-refractivity contribution < 1.29 is 0 Å². The van der Waals surface area contributed by atoms with E-state index in [9.17, 15) is 0 Å². The highest BCUT2D eigenvalue weighted by atomic mass is 15.3. The molecule has 4 aromatic rings. The third-order valence-corrected chi connectivity index (χ3v) is 3.26. The van der Waals surface area contributed by atoms with Gasteiger partial charge in [0, 0.05) is 23.3 Å². The number of hydrogen-bond donors (Lipinski definition) is 2. The van der Waals surface area contributed by atoms with Gasteiger partial charge < -0.3 is 10.7 Å². The van der Waals surface area contributed by atoms with Crippen LogP contribution < -0.4 is 5.73 Å². The predicted molar refractivity (Wildman–Crippen MR) is 75.0 cm³/mol. The summed E-state index contributed by atoms with van der Waals surface area (Å²) in [6, 6.07) is 3.87. The van der Waals surface area contributed by atoms with Gasteiger partial charge >= 0.3 is 0 Å². The second-order valence-electron chi connectivity index (χ2n) is 4.58. The van der Waals surface area contributed by atoms with Crippen LogP contribution in [0.15, 0.2) is 30.7 Å². The van der Waals surface area contributed by atoms with Gasteiger partial charge in [0.25, 0.3) is 0 Å². The number of H-pyrrole nitrogens is 1. The SMILES string of the molecule is Cc1cnc2ccc(-c3c[nH]c4nc(N)ncc34)nn12. The van der Waals surface area contributed by atoms with Crippen molar-refractivity contribution in [2.24, 2.45) is 0 Å². The van der Waals surface area contributed by atoms with Crippen molar-refractivity contribution in [3.05, 3.63) is 36.4 Å². The Morgan fingerprint density at radius 1 is 1.20 bits per heavy atom. The Morgan fingerprint density at radius 2 is 2.10 bits per heavy atom. The molecule has 4 heterocycles. The fourth-order valence-corrected chi connectivity index (χ4v) is 2.26. The Balaban J connectivity index is 1.98. The Bertz CT molecular complexity index is 934. The van der Waals surface area contributed by atoms with Crippen LogP contribution in [0.4, 0.5) is 5.95 Å². The minimum absolute atomic E-state index is 0.250. The van der Waals surface area contributed by atoms with Crippen LogP contribution in [-0.4, -0.2) is 29.5 Å². The first-order valence-electron chi connectivity index (χ1n) is 6.14. The lowest BCUT2D eigenvalue weighted by Gasteiger charge is -2.01. The van der Waals surface area contributed by atoms with Gasteiger partial charge in [0.05, 0.1) is 17.6 Å². The summed E-state index contributed by atoms with van der Waals surface area (Å²) in [5, 5.41) is 5.49. The lowest BCUT2D eigenvalue weighted by atomic mass is 10.2. The lowest BCUT2D eigenvalue weighted by molar-refractivity contribution is 0.906. The Kier molecular flexibility index (Phi) is 2.06. The van der Waals surface area contributed by atoms with Crippen LogP contribution in [0.5, 0.6) is 0 Å². The van der Waals surface area contributed by atoms with E-state index in [1.54, 1.807) is 12.4 Å². The van der Waals surface area contributed by atoms with Gasteiger partial charge in [-0.15, -0.1) is 0 Å². The summed E-state index contributed by atoms with van der Waals surface area (Å²) >= 11 is 0. The first-order chi connectivity index (χ1) is 9.72. The monoisotopic (exact) mass is 265 g/mol. The molecule has 0 aliphatic rings. The molecule has 0 aliphatic heterocycles. The van der Waals surface area contributed by atoms with E-state index < -0.39 is 0 Å². The summed E-state index contributed by atoms with van der Waals surface area (Å²) < 4.78 is 1.81. The number of nitrogens with zero attached hydrogens (tertiary/aromatic N) is 5. The molecule has 0 fully saturated rings. The number of nitrogens with one attached hydrogen (secondary N) is 1. The summed E-state index contributed by atoms with van der Waals surface area (Å²) in [5.41, 5.74) is 9.87. The van der Waals surface area contributed by atoms with E-state index in [0.29, 0.717) is 5.65 Å². The number of nitrogens with two attached hydrogens (primary N) is 1. The second-order valence-corrected chi connectivity index (χ2v) is 4.58. The largest absolute Gasteiger partial charge is 0.368 e. The van der Waals surface area contributed by atoms with Gasteiger partial charge in [-0.25, -0.2) is 14.5 Å². The van der Waals surface area contributed by atoms with Crippen LogP contribution >= 0.6 is 0 Å². The van der Waals surface area contributed by atoms with Gasteiger partial charge in [-0.3, -0.25) is 0 Å². The van der Waals surface area contributed by atoms with Crippen LogP contribution in [-0.2, 0) is 0 Å². The van der Waals surface area contributed by atoms with Crippen LogP contribution in [0.25, 0.3) is 27.9 Å². The van der Waals surface area contributed by atoms with Crippen molar-refractivity contribution >= 4 is 22.6 Å². The van der Waals surface area contributed by atoms with E-state index in [-0.39, 0.29) is 5.95 Å². The number of imidazole rings is 1. The number of nitrogen functional groups attached to an aromatic ring is 1. The molecule has 7 heteroatoms. The van der Waals surface area contributed by atoms with Crippen molar-refractivity contribution in [2.75, 3.05) is 5.73 Å². The molecule has 0 atom stereocenters. The number of aryl methyl sites for hydroxylation is 1. The molecule has 0 bridgehead atoms. The molecule has 98 valence electrons. The molecule has 4 aromatic heterocycles. The lowest BCUT2D eigenvalue weighted by Crippen LogP contribution is -1.96. The minimum Gasteiger partial charge on any atom is -0.368 e. The summed E-state index contributed by atoms with van der Waals surface area (Å²) in [7, 11) is 0. The maximum atomic E-state index is 5.58. The third kappa shape index (κ3) is 1.46. The van der Waals surface area contributed by atoms with E-state index >= 15 is 0 Å². The topological polar surface area (TPSA) is 97.8 Å². The summed E-state index contributed by atoms with van der Waals surface area (Å²) in [5.74, 6) is 0.250. The second kappa shape index (κ2) is 3.77. The molecule has 0 amide bonds. The summed E-state index contributed by atoms with van der Waals surface area (Å²) in [4.78, 5) is 15.5. The molecule has 0 aliphatic carbocycles. The number of rotatable bonds is 1. The zero-order valence-corrected chi connectivity index (χ0v) is 10.7. The van der Waals surface area contributed by atoms with Crippen molar-refractivity contribution in [3.8, 4) is 11.3 Å². The zero-order chi connectivity index (χ0) is 13.7. The van der Waals surface area contributed by atoms with E-state index in [2.05, 4.69) is 25.0 Å². The molecular weight excluding hydrogens is 254 g/mol. The van der Waals surface area contributed by atoms with Crippen LogP contribution in [0, 0.1) is 6.92 Å². The van der Waals surface area contributed by atoms with Crippen molar-refractivity contribution in [3.63, 3.8) is 0 Å². The smallest absolute Gasteiger partial charge is 0.221 e. The van der Waals surface area contributed by atoms with Gasteiger partial charge in [0.15, 0.2) is 5.65 Å². The van der Waals surface area contributed by atoms with Gasteiger partial charge in [0.1, 0.15) is 5.65 Å². The third-order valence-electron chi connectivity index (χ3n) is 3.26. The van der Waals surface area contributed by atoms with E-state index in [1.165, 1.54) is 0 Å². The van der Waals surface area contributed by atoms with Crippen LogP contribution in [0.2, 0.25) is 0 Å². The fourth-order valence-electron chi connectivity index (χ4n) is 2.26. The number of aromatic nitrogens is 6. The predicted octanol–water partition coefficient (Wildman–Crippen LogP) is 1.56. The molecular formula is C13H11N7. The Morgan fingerprint density at radius 3 is 3.00 bits per heavy atom. The van der Waals surface area contributed by atoms with Crippen molar-refractivity contribution in [1.29, 1.82) is 0 Å². The maximum absolute atomic E-state index is 5.58. The van der Waals surface area contributed by atoms with Gasteiger partial charge in [0.2, 0.25) is 5.95 Å². The average molecular weight is 265 g/mol. The van der Waals surface area contributed by atoms with Gasteiger partial charge in [-0.1, -0.05) is 0 Å². The van der Waals surface area contributed by atoms with Gasteiger partial charge in [-0.05, 0) is 19.1 Å². The Labute approximate surface area is 113 Å². The molecule has 0 saturated heterocycles. The van der Waals surface area contributed by atoms with E-state index in [4.69, 9.17) is 5.73 Å². The maximum Gasteiger partial charge on any atom is 0.221 e. The molecule has 4 rings (SSSR count). The number of fused-ring (bicyclic) bond motifs is 2. The molecule has 3 N–H and O–H groups in total. The van der Waals surface area contributed by atoms with Crippen molar-refractivity contribution in [1.82, 2.24) is 29.5 Å². The van der Waals surface area contributed by atoms with Crippen LogP contribution in [0.1, 0.15) is 5.69 Å². The average Bonchev–Trinajstić information content (AvgIpc) is 3.02. The standard InChI is InChI=1S/C13H11N7/c1-7-4-15-11-3-2-10(19-20(7)11)8-5-16-12-9(8)6-17-13(14)18-12/h2-6H,1H3,(H3,14,16,17,18). The zero-order valence-electron chi connectivity index (χ0n) is 10.7. The van der Waals surface area contributed by atoms with E-state index in [1.807, 2.05) is 29.8 Å². The van der Waals surface area contributed by atoms with E-state index in [0.717, 1.165) is 28.0 Å². The summed E-state index contributed by atoms with van der Waals surface area (Å²) in [6.07, 6.45) is 5.36. The van der Waals surface area contributed by atoms with Crippen LogP contribution in [0.3, 0.4) is 0 Å².